The lowest BCUT2D eigenvalue weighted by Crippen LogP contribution is -2.46. The average molecular weight is 533 g/mol. The summed E-state index contributed by atoms with van der Waals surface area (Å²) in [7, 11) is 1.65. The lowest BCUT2D eigenvalue weighted by atomic mass is 10.1. The number of methoxy groups -OCH3 is 1. The Morgan fingerprint density at radius 1 is 0.944 bits per heavy atom. The molecular formula is C27H35Cl2N5O2. The number of nitrogens with one attached hydrogen (secondary N) is 1. The van der Waals surface area contributed by atoms with Gasteiger partial charge >= 0.3 is 0 Å². The molecule has 1 N–H and O–H groups in total. The van der Waals surface area contributed by atoms with Gasteiger partial charge in [-0.15, -0.1) is 0 Å². The summed E-state index contributed by atoms with van der Waals surface area (Å²) in [5.41, 5.74) is 2.15. The summed E-state index contributed by atoms with van der Waals surface area (Å²) in [6.07, 6.45) is 9.43. The highest BCUT2D eigenvalue weighted by Gasteiger charge is 2.16. The van der Waals surface area contributed by atoms with Crippen molar-refractivity contribution in [1.82, 2.24) is 19.8 Å². The number of pyridine rings is 2. The van der Waals surface area contributed by atoms with E-state index in [4.69, 9.17) is 32.7 Å². The predicted molar refractivity (Wildman–Crippen MR) is 148 cm³/mol. The molecule has 1 aromatic carbocycles. The highest BCUT2D eigenvalue weighted by atomic mass is 35.5. The SMILES string of the molecule is CCN1CCN(CCCCCCOc2c(OC)ccc3c(Nc4c(Cl)cncc4Cl)ccnc23)CC1. The number of halogens is 2. The number of hydrogen-bond donors (Lipinski definition) is 1. The molecule has 4 rings (SSSR count). The molecule has 0 aliphatic carbocycles. The van der Waals surface area contributed by atoms with Crippen LogP contribution in [0.4, 0.5) is 11.4 Å². The first-order chi connectivity index (χ1) is 17.6. The van der Waals surface area contributed by atoms with Crippen molar-refractivity contribution >= 4 is 45.5 Å². The Hall–Kier alpha value is -2.32. The van der Waals surface area contributed by atoms with Gasteiger partial charge in [0.1, 0.15) is 5.52 Å². The van der Waals surface area contributed by atoms with Crippen molar-refractivity contribution in [2.75, 3.05) is 58.3 Å². The number of nitrogens with zero attached hydrogens (tertiary/aromatic N) is 4. The lowest BCUT2D eigenvalue weighted by Gasteiger charge is -2.33. The smallest absolute Gasteiger partial charge is 0.187 e. The summed E-state index contributed by atoms with van der Waals surface area (Å²) in [5.74, 6) is 1.32. The minimum atomic E-state index is 0.445. The minimum absolute atomic E-state index is 0.445. The Morgan fingerprint density at radius 2 is 1.67 bits per heavy atom. The molecule has 0 radical (unpaired) electrons. The van der Waals surface area contributed by atoms with E-state index in [2.05, 4.69) is 32.0 Å². The molecular weight excluding hydrogens is 497 g/mol. The molecule has 0 saturated carbocycles. The third-order valence-electron chi connectivity index (χ3n) is 6.69. The molecule has 7 nitrogen and oxygen atoms in total. The monoisotopic (exact) mass is 531 g/mol. The number of likely N-dealkylation sites (N-methyl/N-ethyl adjacent to an activating group) is 1. The first-order valence-electron chi connectivity index (χ1n) is 12.7. The Morgan fingerprint density at radius 3 is 2.39 bits per heavy atom. The number of aromatic nitrogens is 2. The van der Waals surface area contributed by atoms with Gasteiger partial charge in [-0.2, -0.15) is 0 Å². The van der Waals surface area contributed by atoms with Crippen LogP contribution in [0.5, 0.6) is 11.5 Å². The van der Waals surface area contributed by atoms with E-state index in [1.807, 2.05) is 18.2 Å². The van der Waals surface area contributed by atoms with Crippen molar-refractivity contribution in [2.45, 2.75) is 32.6 Å². The quantitative estimate of drug-likeness (QED) is 0.276. The van der Waals surface area contributed by atoms with Crippen molar-refractivity contribution < 1.29 is 9.47 Å². The zero-order valence-corrected chi connectivity index (χ0v) is 22.6. The molecule has 36 heavy (non-hydrogen) atoms. The number of anilines is 2. The number of unbranched alkanes of at least 4 members (excludes halogenated alkanes) is 3. The summed E-state index contributed by atoms with van der Waals surface area (Å²) in [6, 6.07) is 5.74. The Balaban J connectivity index is 1.33. The van der Waals surface area contributed by atoms with Crippen LogP contribution < -0.4 is 14.8 Å². The maximum Gasteiger partial charge on any atom is 0.187 e. The van der Waals surface area contributed by atoms with Crippen LogP contribution in [0, 0.1) is 0 Å². The third-order valence-corrected chi connectivity index (χ3v) is 7.26. The minimum Gasteiger partial charge on any atom is -0.493 e. The number of ether oxygens (including phenoxy) is 2. The summed E-state index contributed by atoms with van der Waals surface area (Å²) in [4.78, 5) is 13.7. The molecule has 0 unspecified atom stereocenters. The van der Waals surface area contributed by atoms with Crippen LogP contribution in [-0.4, -0.2) is 72.8 Å². The highest BCUT2D eigenvalue weighted by Crippen LogP contribution is 2.39. The van der Waals surface area contributed by atoms with Crippen LogP contribution in [0.2, 0.25) is 10.0 Å². The maximum atomic E-state index is 6.31. The largest absolute Gasteiger partial charge is 0.493 e. The van der Waals surface area contributed by atoms with E-state index in [0.29, 0.717) is 33.8 Å². The lowest BCUT2D eigenvalue weighted by molar-refractivity contribution is 0.135. The van der Waals surface area contributed by atoms with E-state index in [1.54, 1.807) is 25.7 Å². The molecule has 1 aliphatic rings. The number of fused-ring (bicyclic) bond motifs is 1. The average Bonchev–Trinajstić information content (AvgIpc) is 2.90. The van der Waals surface area contributed by atoms with Gasteiger partial charge in [-0.1, -0.05) is 43.0 Å². The van der Waals surface area contributed by atoms with Crippen molar-refractivity contribution in [3.05, 3.63) is 46.8 Å². The molecule has 0 bridgehead atoms. The van der Waals surface area contributed by atoms with Gasteiger partial charge in [-0.25, -0.2) is 0 Å². The van der Waals surface area contributed by atoms with Crippen LogP contribution in [0.25, 0.3) is 10.9 Å². The van der Waals surface area contributed by atoms with Crippen LogP contribution in [0.15, 0.2) is 36.8 Å². The summed E-state index contributed by atoms with van der Waals surface area (Å²) >= 11 is 12.6. The number of hydrogen-bond acceptors (Lipinski definition) is 7. The van der Waals surface area contributed by atoms with E-state index < -0.39 is 0 Å². The van der Waals surface area contributed by atoms with Gasteiger partial charge in [-0.3, -0.25) is 9.97 Å². The van der Waals surface area contributed by atoms with Gasteiger partial charge in [0.25, 0.3) is 0 Å². The van der Waals surface area contributed by atoms with Crippen LogP contribution in [0.3, 0.4) is 0 Å². The standard InChI is InChI=1S/C27H35Cl2N5O2/c1-3-33-13-15-34(16-14-33)12-6-4-5-7-17-36-27-24(35-2)9-8-20-23(10-11-31-25(20)27)32-26-21(28)18-30-19-22(26)29/h8-11,18-19H,3-7,12-17H2,1-2H3,(H,30,31,32). The molecule has 9 heteroatoms. The van der Waals surface area contributed by atoms with E-state index in [9.17, 15) is 0 Å². The first-order valence-corrected chi connectivity index (χ1v) is 13.5. The fraction of sp³-hybridized carbons (Fsp3) is 0.481. The van der Waals surface area contributed by atoms with E-state index >= 15 is 0 Å². The maximum absolute atomic E-state index is 6.31. The van der Waals surface area contributed by atoms with Crippen LogP contribution >= 0.6 is 23.2 Å². The van der Waals surface area contributed by atoms with E-state index in [0.717, 1.165) is 36.0 Å². The van der Waals surface area contributed by atoms with Crippen molar-refractivity contribution in [1.29, 1.82) is 0 Å². The summed E-state index contributed by atoms with van der Waals surface area (Å²) in [6.45, 7) is 10.0. The van der Waals surface area contributed by atoms with Crippen LogP contribution in [-0.2, 0) is 0 Å². The first kappa shape index (κ1) is 26.7. The zero-order valence-electron chi connectivity index (χ0n) is 21.1. The molecule has 0 spiro atoms. The van der Waals surface area contributed by atoms with Crippen molar-refractivity contribution in [3.8, 4) is 11.5 Å². The number of benzene rings is 1. The van der Waals surface area contributed by atoms with Gasteiger partial charge in [-0.05, 0) is 44.1 Å². The zero-order chi connectivity index (χ0) is 25.3. The molecule has 0 atom stereocenters. The molecule has 1 fully saturated rings. The predicted octanol–water partition coefficient (Wildman–Crippen LogP) is 6.27. The molecule has 194 valence electrons. The Kier molecular flexibility index (Phi) is 9.87. The molecule has 1 aliphatic heterocycles. The van der Waals surface area contributed by atoms with Gasteiger partial charge in [0.05, 0.1) is 29.4 Å². The van der Waals surface area contributed by atoms with E-state index in [1.165, 1.54) is 45.6 Å². The highest BCUT2D eigenvalue weighted by molar-refractivity contribution is 6.39. The second-order valence-electron chi connectivity index (χ2n) is 8.99. The van der Waals surface area contributed by atoms with Crippen molar-refractivity contribution in [2.24, 2.45) is 0 Å². The fourth-order valence-corrected chi connectivity index (χ4v) is 5.00. The molecule has 3 heterocycles. The second kappa shape index (κ2) is 13.3. The van der Waals surface area contributed by atoms with Gasteiger partial charge < -0.3 is 24.6 Å². The normalized spacial score (nSPS) is 14.8. The topological polar surface area (TPSA) is 62.8 Å². The third kappa shape index (κ3) is 6.71. The fourth-order valence-electron chi connectivity index (χ4n) is 4.54. The van der Waals surface area contributed by atoms with Crippen molar-refractivity contribution in [3.63, 3.8) is 0 Å². The van der Waals surface area contributed by atoms with Gasteiger partial charge in [0.15, 0.2) is 11.5 Å². The second-order valence-corrected chi connectivity index (χ2v) is 9.81. The molecule has 1 saturated heterocycles. The Labute approximate surface area is 223 Å². The van der Waals surface area contributed by atoms with Gasteiger partial charge in [0, 0.05) is 55.8 Å². The Bertz CT molecular complexity index is 1120. The van der Waals surface area contributed by atoms with Gasteiger partial charge in [0.2, 0.25) is 0 Å². The molecule has 0 amide bonds. The summed E-state index contributed by atoms with van der Waals surface area (Å²) in [5, 5.41) is 5.10. The summed E-state index contributed by atoms with van der Waals surface area (Å²) < 4.78 is 11.8. The van der Waals surface area contributed by atoms with E-state index in [-0.39, 0.29) is 0 Å². The van der Waals surface area contributed by atoms with Crippen LogP contribution in [0.1, 0.15) is 32.6 Å². The number of rotatable bonds is 12. The molecule has 3 aromatic rings. The number of piperazine rings is 1. The molecule has 2 aromatic heterocycles.